The fraction of sp³-hybridized carbons (Fsp3) is 0.833. The molecule has 0 saturated heterocycles. The summed E-state index contributed by atoms with van der Waals surface area (Å²) in [6.07, 6.45) is 27.5. The van der Waals surface area contributed by atoms with E-state index in [0.717, 1.165) is 19.6 Å². The van der Waals surface area contributed by atoms with Crippen LogP contribution in [0.4, 0.5) is 0 Å². The van der Waals surface area contributed by atoms with Crippen LogP contribution in [-0.2, 0) is 4.74 Å². The van der Waals surface area contributed by atoms with E-state index in [0.29, 0.717) is 0 Å². The second kappa shape index (κ2) is 22.4. The van der Waals surface area contributed by atoms with E-state index in [-0.39, 0.29) is 0 Å². The predicted molar refractivity (Wildman–Crippen MR) is 118 cm³/mol. The number of unbranched alkanes of at least 4 members (excludes halogenated alkanes) is 10. The van der Waals surface area contributed by atoms with Crippen LogP contribution in [0.3, 0.4) is 0 Å². The molecule has 0 N–H and O–H groups in total. The number of rotatable bonds is 20. The minimum Gasteiger partial charge on any atom is -0.381 e. The first-order valence-electron chi connectivity index (χ1n) is 11.3. The normalized spacial score (nSPS) is 12.2. The second-order valence-electron chi connectivity index (χ2n) is 7.71. The van der Waals surface area contributed by atoms with Crippen molar-refractivity contribution in [2.75, 3.05) is 33.9 Å². The Hall–Kier alpha value is -0.600. The van der Waals surface area contributed by atoms with Gasteiger partial charge in [0.1, 0.15) is 0 Å². The summed E-state index contributed by atoms with van der Waals surface area (Å²) in [4.78, 5) is 2.24. The fourth-order valence-electron chi connectivity index (χ4n) is 2.93. The van der Waals surface area contributed by atoms with Gasteiger partial charge in [0.2, 0.25) is 0 Å². The van der Waals surface area contributed by atoms with Crippen molar-refractivity contribution in [3.63, 3.8) is 0 Å². The maximum atomic E-state index is 5.70. The third kappa shape index (κ3) is 23.4. The van der Waals surface area contributed by atoms with Crippen molar-refractivity contribution >= 4 is 0 Å². The van der Waals surface area contributed by atoms with E-state index in [1.54, 1.807) is 0 Å². The zero-order valence-corrected chi connectivity index (χ0v) is 18.2. The zero-order valence-electron chi connectivity index (χ0n) is 18.2. The van der Waals surface area contributed by atoms with Crippen LogP contribution in [0, 0.1) is 0 Å². The van der Waals surface area contributed by atoms with Crippen LogP contribution in [0.25, 0.3) is 0 Å². The third-order valence-corrected chi connectivity index (χ3v) is 4.63. The standard InChI is InChI=1S/C24H47NO/c1-4-5-6-7-8-9-10-11-12-13-14-15-16-17-18-20-23-26-24-21-19-22-25(2)3/h8-9,11-12H,4-7,10,13-24H2,1-3H3/b9-8-,12-11-. The Morgan fingerprint density at radius 1 is 0.615 bits per heavy atom. The van der Waals surface area contributed by atoms with Gasteiger partial charge in [0.25, 0.3) is 0 Å². The van der Waals surface area contributed by atoms with Crippen molar-refractivity contribution in [3.8, 4) is 0 Å². The molecule has 0 aliphatic heterocycles. The first-order chi connectivity index (χ1) is 12.8. The molecular formula is C24H47NO. The molecule has 0 aromatic heterocycles. The van der Waals surface area contributed by atoms with Crippen LogP contribution < -0.4 is 0 Å². The summed E-state index contributed by atoms with van der Waals surface area (Å²) >= 11 is 0. The quantitative estimate of drug-likeness (QED) is 0.168. The highest BCUT2D eigenvalue weighted by Crippen LogP contribution is 2.08. The molecule has 0 heterocycles. The van der Waals surface area contributed by atoms with Gasteiger partial charge in [-0.15, -0.1) is 0 Å². The highest BCUT2D eigenvalue weighted by atomic mass is 16.5. The molecular weight excluding hydrogens is 318 g/mol. The number of allylic oxidation sites excluding steroid dienone is 4. The summed E-state index contributed by atoms with van der Waals surface area (Å²) < 4.78 is 5.70. The van der Waals surface area contributed by atoms with E-state index in [1.807, 2.05) is 0 Å². The van der Waals surface area contributed by atoms with Crippen LogP contribution in [0.15, 0.2) is 24.3 Å². The largest absolute Gasteiger partial charge is 0.381 e. The van der Waals surface area contributed by atoms with Gasteiger partial charge in [-0.2, -0.15) is 0 Å². The van der Waals surface area contributed by atoms with Crippen molar-refractivity contribution < 1.29 is 4.74 Å². The number of hydrogen-bond acceptors (Lipinski definition) is 2. The number of ether oxygens (including phenoxy) is 1. The molecule has 0 unspecified atom stereocenters. The van der Waals surface area contributed by atoms with E-state index in [2.05, 4.69) is 50.2 Å². The van der Waals surface area contributed by atoms with Crippen LogP contribution in [-0.4, -0.2) is 38.8 Å². The zero-order chi connectivity index (χ0) is 19.1. The van der Waals surface area contributed by atoms with Gasteiger partial charge in [0.05, 0.1) is 0 Å². The second-order valence-corrected chi connectivity index (χ2v) is 7.71. The predicted octanol–water partition coefficient (Wildman–Crippen LogP) is 7.16. The lowest BCUT2D eigenvalue weighted by molar-refractivity contribution is 0.124. The van der Waals surface area contributed by atoms with E-state index in [9.17, 15) is 0 Å². The lowest BCUT2D eigenvalue weighted by Crippen LogP contribution is -2.13. The van der Waals surface area contributed by atoms with Crippen molar-refractivity contribution in [2.45, 2.75) is 96.8 Å². The van der Waals surface area contributed by atoms with Gasteiger partial charge >= 0.3 is 0 Å². The minimum atomic E-state index is 0.939. The van der Waals surface area contributed by atoms with Crippen molar-refractivity contribution in [3.05, 3.63) is 24.3 Å². The molecule has 0 amide bonds. The minimum absolute atomic E-state index is 0.939. The molecule has 0 saturated carbocycles. The molecule has 0 bridgehead atoms. The van der Waals surface area contributed by atoms with Crippen LogP contribution in [0.1, 0.15) is 96.8 Å². The highest BCUT2D eigenvalue weighted by molar-refractivity contribution is 4.92. The molecule has 0 atom stereocenters. The average molecular weight is 366 g/mol. The maximum absolute atomic E-state index is 5.70. The monoisotopic (exact) mass is 365 g/mol. The van der Waals surface area contributed by atoms with Crippen LogP contribution in [0.5, 0.6) is 0 Å². The summed E-state index contributed by atoms with van der Waals surface area (Å²) in [6.45, 7) is 5.33. The summed E-state index contributed by atoms with van der Waals surface area (Å²) in [5.74, 6) is 0. The Balaban J connectivity index is 3.11. The van der Waals surface area contributed by atoms with Crippen molar-refractivity contribution in [2.24, 2.45) is 0 Å². The fourth-order valence-corrected chi connectivity index (χ4v) is 2.93. The molecule has 0 fully saturated rings. The number of nitrogens with zero attached hydrogens (tertiary/aromatic N) is 1. The highest BCUT2D eigenvalue weighted by Gasteiger charge is 1.94. The topological polar surface area (TPSA) is 12.5 Å². The molecule has 0 aromatic rings. The smallest absolute Gasteiger partial charge is 0.0466 e. The third-order valence-electron chi connectivity index (χ3n) is 4.63. The van der Waals surface area contributed by atoms with Crippen LogP contribution >= 0.6 is 0 Å². The Kier molecular flexibility index (Phi) is 21.9. The molecule has 26 heavy (non-hydrogen) atoms. The Morgan fingerprint density at radius 3 is 1.77 bits per heavy atom. The van der Waals surface area contributed by atoms with Crippen molar-refractivity contribution in [1.82, 2.24) is 4.90 Å². The number of hydrogen-bond donors (Lipinski definition) is 0. The lowest BCUT2D eigenvalue weighted by Gasteiger charge is -2.09. The maximum Gasteiger partial charge on any atom is 0.0466 e. The molecule has 0 rings (SSSR count). The molecule has 2 heteroatoms. The van der Waals surface area contributed by atoms with E-state index < -0.39 is 0 Å². The first kappa shape index (κ1) is 25.4. The SMILES string of the molecule is CCCCC/C=C\C/C=C\CCCCCCCCOCCCCN(C)C. The van der Waals surface area contributed by atoms with Gasteiger partial charge in [-0.1, -0.05) is 69.8 Å². The molecule has 0 aliphatic rings. The van der Waals surface area contributed by atoms with E-state index in [1.165, 1.54) is 90.0 Å². The lowest BCUT2D eigenvalue weighted by atomic mass is 10.1. The molecule has 2 nitrogen and oxygen atoms in total. The first-order valence-corrected chi connectivity index (χ1v) is 11.3. The summed E-state index contributed by atoms with van der Waals surface area (Å²) in [7, 11) is 4.26. The Labute approximate surface area is 165 Å². The molecule has 0 radical (unpaired) electrons. The summed E-state index contributed by atoms with van der Waals surface area (Å²) in [5.41, 5.74) is 0. The van der Waals surface area contributed by atoms with Gasteiger partial charge in [0.15, 0.2) is 0 Å². The van der Waals surface area contributed by atoms with Gasteiger partial charge < -0.3 is 9.64 Å². The van der Waals surface area contributed by atoms with Gasteiger partial charge in [-0.05, 0) is 72.0 Å². The van der Waals surface area contributed by atoms with Crippen LogP contribution in [0.2, 0.25) is 0 Å². The van der Waals surface area contributed by atoms with E-state index >= 15 is 0 Å². The molecule has 154 valence electrons. The Bertz CT molecular complexity index is 309. The Morgan fingerprint density at radius 2 is 1.15 bits per heavy atom. The molecule has 0 aromatic carbocycles. The summed E-state index contributed by atoms with van der Waals surface area (Å²) in [5, 5.41) is 0. The van der Waals surface area contributed by atoms with Crippen molar-refractivity contribution in [1.29, 1.82) is 0 Å². The summed E-state index contributed by atoms with van der Waals surface area (Å²) in [6, 6.07) is 0. The van der Waals surface area contributed by atoms with Gasteiger partial charge in [-0.25, -0.2) is 0 Å². The van der Waals surface area contributed by atoms with E-state index in [4.69, 9.17) is 4.74 Å². The molecule has 0 aliphatic carbocycles. The van der Waals surface area contributed by atoms with Gasteiger partial charge in [-0.3, -0.25) is 0 Å². The molecule has 0 spiro atoms. The van der Waals surface area contributed by atoms with Gasteiger partial charge in [0, 0.05) is 13.2 Å². The average Bonchev–Trinajstić information content (AvgIpc) is 2.62.